The van der Waals surface area contributed by atoms with Crippen LogP contribution in [0.15, 0.2) is 12.3 Å². The van der Waals surface area contributed by atoms with Crippen LogP contribution in [-0.4, -0.2) is 23.4 Å². The van der Waals surface area contributed by atoms with Gasteiger partial charge in [-0.3, -0.25) is 9.59 Å². The van der Waals surface area contributed by atoms with Crippen LogP contribution >= 0.6 is 0 Å². The minimum absolute atomic E-state index is 0.218. The van der Waals surface area contributed by atoms with E-state index in [0.717, 1.165) is 24.1 Å². The van der Waals surface area contributed by atoms with Crippen LogP contribution in [0.1, 0.15) is 35.3 Å². The van der Waals surface area contributed by atoms with E-state index in [0.29, 0.717) is 19.4 Å². The zero-order valence-corrected chi connectivity index (χ0v) is 9.36. The van der Waals surface area contributed by atoms with Crippen LogP contribution in [0.4, 0.5) is 0 Å². The summed E-state index contributed by atoms with van der Waals surface area (Å²) >= 11 is 0. The molecule has 4 heteroatoms. The number of hydrogen-bond donors (Lipinski definition) is 0. The van der Waals surface area contributed by atoms with Crippen molar-refractivity contribution in [2.75, 3.05) is 7.11 Å². The van der Waals surface area contributed by atoms with Gasteiger partial charge in [0, 0.05) is 30.4 Å². The number of fused-ring (bicyclic) bond motifs is 1. The van der Waals surface area contributed by atoms with Crippen LogP contribution < -0.4 is 0 Å². The Morgan fingerprint density at radius 2 is 2.31 bits per heavy atom. The van der Waals surface area contributed by atoms with Crippen molar-refractivity contribution in [2.24, 2.45) is 0 Å². The number of esters is 1. The summed E-state index contributed by atoms with van der Waals surface area (Å²) in [4.78, 5) is 22.6. The van der Waals surface area contributed by atoms with Gasteiger partial charge in [-0.1, -0.05) is 0 Å². The number of ether oxygens (including phenoxy) is 1. The van der Waals surface area contributed by atoms with Gasteiger partial charge in [-0.05, 0) is 18.9 Å². The zero-order chi connectivity index (χ0) is 11.5. The first-order chi connectivity index (χ1) is 7.72. The second kappa shape index (κ2) is 4.51. The number of nitrogens with zero attached hydrogens (tertiary/aromatic N) is 1. The first-order valence-electron chi connectivity index (χ1n) is 5.50. The van der Waals surface area contributed by atoms with Crippen molar-refractivity contribution in [1.82, 2.24) is 4.57 Å². The second-order valence-corrected chi connectivity index (χ2v) is 3.97. The lowest BCUT2D eigenvalue weighted by molar-refractivity contribution is -0.140. The highest BCUT2D eigenvalue weighted by molar-refractivity contribution is 5.98. The van der Waals surface area contributed by atoms with Crippen LogP contribution in [0.3, 0.4) is 0 Å². The minimum atomic E-state index is -0.218. The molecule has 0 atom stereocenters. The average molecular weight is 221 g/mol. The lowest BCUT2D eigenvalue weighted by atomic mass is 9.97. The third-order valence-electron chi connectivity index (χ3n) is 2.98. The predicted molar refractivity (Wildman–Crippen MR) is 58.3 cm³/mol. The van der Waals surface area contributed by atoms with Gasteiger partial charge in [0.05, 0.1) is 13.5 Å². The van der Waals surface area contributed by atoms with Crippen LogP contribution in [0.2, 0.25) is 0 Å². The van der Waals surface area contributed by atoms with E-state index in [9.17, 15) is 9.59 Å². The monoisotopic (exact) mass is 221 g/mol. The van der Waals surface area contributed by atoms with Crippen molar-refractivity contribution in [3.05, 3.63) is 23.5 Å². The van der Waals surface area contributed by atoms with Crippen molar-refractivity contribution < 1.29 is 14.3 Å². The molecule has 0 unspecified atom stereocenters. The van der Waals surface area contributed by atoms with Crippen LogP contribution in [-0.2, 0) is 22.5 Å². The van der Waals surface area contributed by atoms with Gasteiger partial charge >= 0.3 is 5.97 Å². The first kappa shape index (κ1) is 10.9. The molecule has 1 aliphatic carbocycles. The van der Waals surface area contributed by atoms with Crippen LogP contribution in [0, 0.1) is 0 Å². The summed E-state index contributed by atoms with van der Waals surface area (Å²) in [7, 11) is 1.39. The molecule has 0 bridgehead atoms. The highest BCUT2D eigenvalue weighted by Crippen LogP contribution is 2.22. The largest absolute Gasteiger partial charge is 0.469 e. The highest BCUT2D eigenvalue weighted by Gasteiger charge is 2.20. The molecule has 1 aromatic heterocycles. The molecule has 0 spiro atoms. The normalized spacial score (nSPS) is 14.7. The second-order valence-electron chi connectivity index (χ2n) is 3.97. The molecule has 0 N–H and O–H groups in total. The molecule has 0 radical (unpaired) electrons. The van der Waals surface area contributed by atoms with E-state index in [1.165, 1.54) is 7.11 Å². The number of carbonyl (C=O) groups is 2. The van der Waals surface area contributed by atoms with Crippen LogP contribution in [0.25, 0.3) is 0 Å². The maximum atomic E-state index is 11.6. The van der Waals surface area contributed by atoms with Gasteiger partial charge in [-0.25, -0.2) is 0 Å². The van der Waals surface area contributed by atoms with Gasteiger partial charge in [0.1, 0.15) is 0 Å². The molecule has 0 saturated heterocycles. The number of methoxy groups -OCH3 is 1. The third-order valence-corrected chi connectivity index (χ3v) is 2.98. The summed E-state index contributed by atoms with van der Waals surface area (Å²) < 4.78 is 6.58. The number of aromatic nitrogens is 1. The molecule has 1 aliphatic rings. The van der Waals surface area contributed by atoms with Gasteiger partial charge in [-0.2, -0.15) is 0 Å². The van der Waals surface area contributed by atoms with Crippen molar-refractivity contribution in [3.63, 3.8) is 0 Å². The van der Waals surface area contributed by atoms with Gasteiger partial charge in [0.15, 0.2) is 5.78 Å². The van der Waals surface area contributed by atoms with Gasteiger partial charge in [0.25, 0.3) is 0 Å². The molecule has 2 rings (SSSR count). The minimum Gasteiger partial charge on any atom is -0.469 e. The van der Waals surface area contributed by atoms with E-state index >= 15 is 0 Å². The van der Waals surface area contributed by atoms with E-state index in [4.69, 9.17) is 0 Å². The van der Waals surface area contributed by atoms with E-state index in [1.54, 1.807) is 0 Å². The number of rotatable bonds is 3. The molecule has 4 nitrogen and oxygen atoms in total. The fraction of sp³-hybridized carbons (Fsp3) is 0.500. The van der Waals surface area contributed by atoms with E-state index < -0.39 is 0 Å². The number of Topliss-reactive ketones (excluding diaryl/α,β-unsaturated/α-hetero) is 1. The third kappa shape index (κ3) is 2.01. The topological polar surface area (TPSA) is 48.3 Å². The fourth-order valence-electron chi connectivity index (χ4n) is 2.11. The summed E-state index contributed by atoms with van der Waals surface area (Å²) in [6, 6.07) is 1.86. The van der Waals surface area contributed by atoms with Crippen LogP contribution in [0.5, 0.6) is 0 Å². The maximum Gasteiger partial charge on any atom is 0.307 e. The number of carbonyl (C=O) groups excluding carboxylic acids is 2. The van der Waals surface area contributed by atoms with Gasteiger partial charge in [-0.15, -0.1) is 0 Å². The Balaban J connectivity index is 2.11. The SMILES string of the molecule is COC(=O)CCn1ccc2c1CCCC2=O. The summed E-state index contributed by atoms with van der Waals surface area (Å²) in [5, 5.41) is 0. The summed E-state index contributed by atoms with van der Waals surface area (Å²) in [5.74, 6) is 0.00246. The van der Waals surface area contributed by atoms with E-state index in [2.05, 4.69) is 4.74 Å². The Morgan fingerprint density at radius 1 is 1.50 bits per heavy atom. The Labute approximate surface area is 94.2 Å². The number of ketones is 1. The van der Waals surface area contributed by atoms with Crippen molar-refractivity contribution in [3.8, 4) is 0 Å². The predicted octanol–water partition coefficient (Wildman–Crippen LogP) is 1.57. The fourth-order valence-corrected chi connectivity index (χ4v) is 2.11. The lowest BCUT2D eigenvalue weighted by Crippen LogP contribution is -2.14. The maximum absolute atomic E-state index is 11.6. The molecule has 0 amide bonds. The molecule has 1 aromatic rings. The molecule has 16 heavy (non-hydrogen) atoms. The lowest BCUT2D eigenvalue weighted by Gasteiger charge is -2.14. The van der Waals surface area contributed by atoms with Crippen molar-refractivity contribution >= 4 is 11.8 Å². The molecule has 0 fully saturated rings. The summed E-state index contributed by atoms with van der Waals surface area (Å²) in [6.45, 7) is 0.593. The van der Waals surface area contributed by atoms with Gasteiger partial charge in [0.2, 0.25) is 0 Å². The average Bonchev–Trinajstić information content (AvgIpc) is 2.70. The number of hydrogen-bond acceptors (Lipinski definition) is 3. The molecular formula is C12H15NO3. The van der Waals surface area contributed by atoms with E-state index in [-0.39, 0.29) is 11.8 Å². The Hall–Kier alpha value is -1.58. The Bertz CT molecular complexity index is 420. The standard InChI is InChI=1S/C12H15NO3/c1-16-12(15)6-8-13-7-5-9-10(13)3-2-4-11(9)14/h5,7H,2-4,6,8H2,1H3. The molecule has 0 saturated carbocycles. The quantitative estimate of drug-likeness (QED) is 0.728. The molecule has 0 aliphatic heterocycles. The summed E-state index contributed by atoms with van der Waals surface area (Å²) in [5.41, 5.74) is 1.90. The Morgan fingerprint density at radius 3 is 3.06 bits per heavy atom. The molecule has 1 heterocycles. The smallest absolute Gasteiger partial charge is 0.307 e. The van der Waals surface area contributed by atoms with Crippen molar-refractivity contribution in [2.45, 2.75) is 32.2 Å². The highest BCUT2D eigenvalue weighted by atomic mass is 16.5. The molecule has 86 valence electrons. The first-order valence-corrected chi connectivity index (χ1v) is 5.50. The zero-order valence-electron chi connectivity index (χ0n) is 9.36. The number of aryl methyl sites for hydroxylation is 1. The molecular weight excluding hydrogens is 206 g/mol. The Kier molecular flexibility index (Phi) is 3.08. The van der Waals surface area contributed by atoms with E-state index in [1.807, 2.05) is 16.8 Å². The van der Waals surface area contributed by atoms with Gasteiger partial charge < -0.3 is 9.30 Å². The summed E-state index contributed by atoms with van der Waals surface area (Å²) in [6.07, 6.45) is 4.72. The molecule has 0 aromatic carbocycles. The van der Waals surface area contributed by atoms with Crippen molar-refractivity contribution in [1.29, 1.82) is 0 Å².